The summed E-state index contributed by atoms with van der Waals surface area (Å²) in [5, 5.41) is 6.32. The van der Waals surface area contributed by atoms with Gasteiger partial charge in [0, 0.05) is 29.8 Å². The molecule has 3 heterocycles. The Morgan fingerprint density at radius 1 is 1.23 bits per heavy atom. The van der Waals surface area contributed by atoms with Crippen LogP contribution in [0.25, 0.3) is 0 Å². The van der Waals surface area contributed by atoms with E-state index in [0.717, 1.165) is 24.2 Å². The highest BCUT2D eigenvalue weighted by Gasteiger charge is 2.72. The fourth-order valence-corrected chi connectivity index (χ4v) is 7.50. The van der Waals surface area contributed by atoms with Gasteiger partial charge >= 0.3 is 0 Å². The van der Waals surface area contributed by atoms with E-state index in [9.17, 15) is 14.4 Å². The number of carbonyl (C=O) groups excluding carboxylic acids is 3. The third kappa shape index (κ3) is 5.32. The highest BCUT2D eigenvalue weighted by Crippen LogP contribution is 2.55. The van der Waals surface area contributed by atoms with Gasteiger partial charge in [-0.15, -0.1) is 11.8 Å². The molecule has 1 aliphatic carbocycles. The molecule has 0 radical (unpaired) electrons. The zero-order valence-electron chi connectivity index (χ0n) is 24.2. The molecule has 4 aliphatic rings. The lowest BCUT2D eigenvalue weighted by atomic mass is 9.73. The number of carbonyl (C=O) groups is 3. The Morgan fingerprint density at radius 2 is 2.02 bits per heavy atom. The molecule has 0 aromatic heterocycles. The van der Waals surface area contributed by atoms with Crippen molar-refractivity contribution in [1.82, 2.24) is 10.2 Å². The number of thioether (sulfide) groups is 1. The van der Waals surface area contributed by atoms with Gasteiger partial charge in [0.1, 0.15) is 11.6 Å². The molecule has 8 atom stereocenters. The highest BCUT2D eigenvalue weighted by atomic mass is 32.2. The molecule has 40 heavy (non-hydrogen) atoms. The summed E-state index contributed by atoms with van der Waals surface area (Å²) in [6.45, 7) is 9.23. The van der Waals surface area contributed by atoms with Crippen LogP contribution >= 0.6 is 11.8 Å². The first-order valence-electron chi connectivity index (χ1n) is 14.7. The Bertz CT molecular complexity index is 1160. The normalized spacial score (nSPS) is 34.4. The molecule has 1 aromatic carbocycles. The van der Waals surface area contributed by atoms with Crippen molar-refractivity contribution in [1.29, 1.82) is 0 Å². The molecule has 1 spiro atoms. The van der Waals surface area contributed by atoms with Crippen LogP contribution in [0.5, 0.6) is 0 Å². The van der Waals surface area contributed by atoms with E-state index in [-0.39, 0.29) is 29.9 Å². The van der Waals surface area contributed by atoms with Crippen molar-refractivity contribution >= 4 is 35.2 Å². The summed E-state index contributed by atoms with van der Waals surface area (Å²) in [4.78, 5) is 44.5. The number of likely N-dealkylation sites (tertiary alicyclic amines) is 1. The van der Waals surface area contributed by atoms with Crippen LogP contribution in [0.1, 0.15) is 53.4 Å². The third-order valence-electron chi connectivity index (χ3n) is 9.29. The van der Waals surface area contributed by atoms with Gasteiger partial charge in [-0.2, -0.15) is 0 Å². The van der Waals surface area contributed by atoms with Crippen molar-refractivity contribution in [3.05, 3.63) is 36.4 Å². The van der Waals surface area contributed by atoms with Crippen LogP contribution in [0, 0.1) is 23.7 Å². The van der Waals surface area contributed by atoms with Crippen LogP contribution in [0.2, 0.25) is 0 Å². The van der Waals surface area contributed by atoms with E-state index < -0.39 is 29.6 Å². The van der Waals surface area contributed by atoms with E-state index in [1.807, 2.05) is 56.5 Å². The first kappa shape index (κ1) is 29.1. The average Bonchev–Trinajstić information content (AvgIpc) is 3.56. The van der Waals surface area contributed by atoms with Gasteiger partial charge in [0.15, 0.2) is 0 Å². The second-order valence-corrected chi connectivity index (χ2v) is 13.0. The summed E-state index contributed by atoms with van der Waals surface area (Å²) in [5.41, 5.74) is -0.474. The Labute approximate surface area is 242 Å². The van der Waals surface area contributed by atoms with E-state index in [1.165, 1.54) is 0 Å². The monoisotopic (exact) mass is 569 g/mol. The Kier molecular flexibility index (Phi) is 8.64. The lowest BCUT2D eigenvalue weighted by Crippen LogP contribution is -2.58. The van der Waals surface area contributed by atoms with Gasteiger partial charge in [0.05, 0.1) is 24.0 Å². The van der Waals surface area contributed by atoms with Crippen molar-refractivity contribution < 1.29 is 23.9 Å². The molecule has 1 saturated carbocycles. The summed E-state index contributed by atoms with van der Waals surface area (Å²) in [6, 6.07) is 6.87. The molecule has 3 amide bonds. The maximum atomic E-state index is 14.1. The molecule has 0 unspecified atom stereocenters. The molecule has 3 aliphatic heterocycles. The van der Waals surface area contributed by atoms with Gasteiger partial charge < -0.3 is 25.0 Å². The van der Waals surface area contributed by atoms with Crippen LogP contribution in [-0.2, 0) is 23.9 Å². The quantitative estimate of drug-likeness (QED) is 0.248. The Morgan fingerprint density at radius 3 is 2.77 bits per heavy atom. The fraction of sp³-hybridized carbons (Fsp3) is 0.645. The molecule has 1 aromatic rings. The van der Waals surface area contributed by atoms with Crippen molar-refractivity contribution in [2.75, 3.05) is 24.7 Å². The Hall–Kier alpha value is -2.36. The number of ether oxygens (including phenoxy) is 2. The maximum Gasteiger partial charge on any atom is 0.246 e. The van der Waals surface area contributed by atoms with Crippen molar-refractivity contribution in [2.45, 2.75) is 88.2 Å². The summed E-state index contributed by atoms with van der Waals surface area (Å²) >= 11 is 1.60. The van der Waals surface area contributed by atoms with E-state index in [1.54, 1.807) is 16.7 Å². The minimum absolute atomic E-state index is 0.0540. The van der Waals surface area contributed by atoms with Crippen LogP contribution < -0.4 is 10.6 Å². The van der Waals surface area contributed by atoms with Crippen molar-refractivity contribution in [2.24, 2.45) is 23.7 Å². The number of anilines is 1. The predicted molar refractivity (Wildman–Crippen MR) is 156 cm³/mol. The van der Waals surface area contributed by atoms with Crippen LogP contribution in [0.15, 0.2) is 41.3 Å². The molecular formula is C31H43N3O5S. The number of nitrogens with one attached hydrogen (secondary N) is 2. The number of benzene rings is 1. The van der Waals surface area contributed by atoms with Crippen LogP contribution in [0.3, 0.4) is 0 Å². The lowest BCUT2D eigenvalue weighted by Gasteiger charge is -2.38. The van der Waals surface area contributed by atoms with Gasteiger partial charge in [0.25, 0.3) is 0 Å². The second kappa shape index (κ2) is 11.9. The molecule has 5 rings (SSSR count). The molecule has 3 fully saturated rings. The number of hydrogen-bond acceptors (Lipinski definition) is 6. The summed E-state index contributed by atoms with van der Waals surface area (Å²) in [5.74, 6) is -1.23. The smallest absolute Gasteiger partial charge is 0.246 e. The standard InChI is InChI=1S/C31H43N3O5S/c1-18(2)38-16-8-15-34-27(29(36)33-23-12-6-9-19(3)20(23)4)31-14-13-24(39-31)25(26(31)30(34)37)28(35)32-21-10-7-11-22(17-21)40-5/h7,10-11,13-14,17-20,23-27H,6,8-9,12,15-16H2,1-5H3,(H,32,35)(H,33,36)/t19-,20+,23+,24-,25+,26-,27-,31-/m0/s1. The lowest BCUT2D eigenvalue weighted by molar-refractivity contribution is -0.142. The number of amides is 3. The molecule has 8 nitrogen and oxygen atoms in total. The maximum absolute atomic E-state index is 14.1. The summed E-state index contributed by atoms with van der Waals surface area (Å²) < 4.78 is 12.2. The van der Waals surface area contributed by atoms with Gasteiger partial charge in [-0.3, -0.25) is 14.4 Å². The first-order valence-corrected chi connectivity index (χ1v) is 15.9. The zero-order chi connectivity index (χ0) is 28.6. The van der Waals surface area contributed by atoms with Gasteiger partial charge in [-0.05, 0) is 63.0 Å². The minimum atomic E-state index is -1.16. The van der Waals surface area contributed by atoms with Gasteiger partial charge in [-0.25, -0.2) is 0 Å². The average molecular weight is 570 g/mol. The first-order chi connectivity index (χ1) is 19.2. The van der Waals surface area contributed by atoms with E-state index in [4.69, 9.17) is 9.47 Å². The number of nitrogens with zero attached hydrogens (tertiary/aromatic N) is 1. The number of hydrogen-bond donors (Lipinski definition) is 2. The molecular weight excluding hydrogens is 526 g/mol. The molecule has 2 bridgehead atoms. The largest absolute Gasteiger partial charge is 0.379 e. The predicted octanol–water partition coefficient (Wildman–Crippen LogP) is 4.25. The van der Waals surface area contributed by atoms with Crippen molar-refractivity contribution in [3.8, 4) is 0 Å². The summed E-state index contributed by atoms with van der Waals surface area (Å²) in [7, 11) is 0. The topological polar surface area (TPSA) is 97.0 Å². The van der Waals surface area contributed by atoms with Crippen LogP contribution in [-0.4, -0.2) is 71.9 Å². The molecule has 2 saturated heterocycles. The van der Waals surface area contributed by atoms with Crippen molar-refractivity contribution in [3.63, 3.8) is 0 Å². The van der Waals surface area contributed by atoms with Crippen LogP contribution in [0.4, 0.5) is 5.69 Å². The molecule has 218 valence electrons. The highest BCUT2D eigenvalue weighted by molar-refractivity contribution is 7.98. The Balaban J connectivity index is 1.40. The van der Waals surface area contributed by atoms with E-state index in [0.29, 0.717) is 37.1 Å². The zero-order valence-corrected chi connectivity index (χ0v) is 25.0. The second-order valence-electron chi connectivity index (χ2n) is 12.1. The summed E-state index contributed by atoms with van der Waals surface area (Å²) in [6.07, 6.45) is 9.01. The third-order valence-corrected chi connectivity index (χ3v) is 10.0. The fourth-order valence-electron chi connectivity index (χ4n) is 7.04. The molecule has 2 N–H and O–H groups in total. The number of fused-ring (bicyclic) bond motifs is 1. The SMILES string of the molecule is CSc1cccc(NC(=O)[C@@H]2[C@@H]3C=C[C@]4(O3)[C@@H]2C(=O)N(CCCOC(C)C)[C@H]4C(=O)N[C@@H]2CCC[C@H](C)[C@H]2C)c1. The molecule has 9 heteroatoms. The van der Waals surface area contributed by atoms with E-state index in [2.05, 4.69) is 24.5 Å². The number of rotatable bonds is 10. The minimum Gasteiger partial charge on any atom is -0.379 e. The van der Waals surface area contributed by atoms with Gasteiger partial charge in [0.2, 0.25) is 17.7 Å². The van der Waals surface area contributed by atoms with Gasteiger partial charge in [-0.1, -0.05) is 44.9 Å². The van der Waals surface area contributed by atoms with E-state index >= 15 is 0 Å².